The number of hydrogen-bond donors (Lipinski definition) is 2. The maximum atomic E-state index is 12.7. The first-order valence-corrected chi connectivity index (χ1v) is 6.19. The molecule has 0 fully saturated rings. The first-order chi connectivity index (χ1) is 9.99. The normalized spacial score (nSPS) is 11.4. The molecule has 0 aromatic carbocycles. The summed E-state index contributed by atoms with van der Waals surface area (Å²) < 4.78 is 43.2. The zero-order valence-electron chi connectivity index (χ0n) is 12.0. The topological polar surface area (TPSA) is 58.5 Å². The van der Waals surface area contributed by atoms with Crippen LogP contribution in [0.2, 0.25) is 0 Å². The number of aromatic nitrogens is 1. The van der Waals surface area contributed by atoms with Crippen LogP contribution in [0.4, 0.5) is 13.2 Å². The van der Waals surface area contributed by atoms with Crippen LogP contribution in [0.15, 0.2) is 36.0 Å². The van der Waals surface area contributed by atoms with Crippen LogP contribution < -0.4 is 15.4 Å². The predicted octanol–water partition coefficient (Wildman–Crippen LogP) is 2.45. The van der Waals surface area contributed by atoms with Crippen LogP contribution in [0.1, 0.15) is 5.56 Å². The van der Waals surface area contributed by atoms with E-state index in [9.17, 15) is 13.2 Å². The summed E-state index contributed by atoms with van der Waals surface area (Å²) in [5, 5.41) is 5.81. The molecule has 0 aliphatic carbocycles. The highest BCUT2D eigenvalue weighted by molar-refractivity contribution is 14.0. The molecule has 0 aliphatic rings. The third kappa shape index (κ3) is 6.96. The molecule has 2 N–H and O–H groups in total. The second kappa shape index (κ2) is 10.2. The maximum absolute atomic E-state index is 12.7. The number of hydrogen-bond acceptors (Lipinski definition) is 3. The van der Waals surface area contributed by atoms with Crippen molar-refractivity contribution in [3.63, 3.8) is 0 Å². The molecule has 0 unspecified atom stereocenters. The Hall–Kier alpha value is -1.52. The molecule has 0 saturated heterocycles. The molecule has 0 amide bonds. The lowest BCUT2D eigenvalue weighted by Crippen LogP contribution is -2.39. The van der Waals surface area contributed by atoms with Gasteiger partial charge in [-0.2, -0.15) is 13.2 Å². The van der Waals surface area contributed by atoms with Crippen molar-refractivity contribution in [1.29, 1.82) is 0 Å². The van der Waals surface area contributed by atoms with Gasteiger partial charge in [-0.15, -0.1) is 30.6 Å². The highest BCUT2D eigenvalue weighted by Gasteiger charge is 2.34. The van der Waals surface area contributed by atoms with E-state index in [1.807, 2.05) is 0 Å². The molecule has 1 heterocycles. The van der Waals surface area contributed by atoms with E-state index in [4.69, 9.17) is 4.74 Å². The lowest BCUT2D eigenvalue weighted by molar-refractivity contribution is -0.139. The summed E-state index contributed by atoms with van der Waals surface area (Å²) in [4.78, 5) is 7.52. The SMILES string of the molecule is C=CCNC(=NC)NCCOc1ncccc1C(F)(F)F.I. The van der Waals surface area contributed by atoms with Gasteiger partial charge in [-0.3, -0.25) is 4.99 Å². The lowest BCUT2D eigenvalue weighted by Gasteiger charge is -2.13. The molecule has 9 heteroatoms. The van der Waals surface area contributed by atoms with Gasteiger partial charge in [-0.1, -0.05) is 6.08 Å². The quantitative estimate of drug-likeness (QED) is 0.240. The zero-order valence-corrected chi connectivity index (χ0v) is 14.3. The Kier molecular flexibility index (Phi) is 9.54. The fourth-order valence-electron chi connectivity index (χ4n) is 1.43. The van der Waals surface area contributed by atoms with E-state index in [1.165, 1.54) is 12.3 Å². The summed E-state index contributed by atoms with van der Waals surface area (Å²) in [7, 11) is 1.58. The Bertz CT molecular complexity index is 494. The van der Waals surface area contributed by atoms with Gasteiger partial charge in [0.05, 0.1) is 6.54 Å². The monoisotopic (exact) mass is 430 g/mol. The average molecular weight is 430 g/mol. The second-order valence-electron chi connectivity index (χ2n) is 3.87. The lowest BCUT2D eigenvalue weighted by atomic mass is 10.2. The largest absolute Gasteiger partial charge is 0.475 e. The van der Waals surface area contributed by atoms with E-state index >= 15 is 0 Å². The molecule has 0 saturated carbocycles. The first kappa shape index (κ1) is 20.5. The maximum Gasteiger partial charge on any atom is 0.421 e. The van der Waals surface area contributed by atoms with Crippen molar-refractivity contribution in [2.75, 3.05) is 26.7 Å². The number of nitrogens with one attached hydrogen (secondary N) is 2. The molecule has 0 bridgehead atoms. The van der Waals surface area contributed by atoms with Crippen LogP contribution in [0.5, 0.6) is 5.88 Å². The minimum atomic E-state index is -4.49. The molecule has 5 nitrogen and oxygen atoms in total. The van der Waals surface area contributed by atoms with Crippen LogP contribution in [0.25, 0.3) is 0 Å². The van der Waals surface area contributed by atoms with Crippen LogP contribution >= 0.6 is 24.0 Å². The molecule has 1 aromatic rings. The molecule has 0 atom stereocenters. The first-order valence-electron chi connectivity index (χ1n) is 6.19. The number of alkyl halides is 3. The van der Waals surface area contributed by atoms with E-state index in [0.29, 0.717) is 12.5 Å². The highest BCUT2D eigenvalue weighted by Crippen LogP contribution is 2.34. The average Bonchev–Trinajstić information content (AvgIpc) is 2.46. The number of ether oxygens (including phenoxy) is 1. The molecular weight excluding hydrogens is 412 g/mol. The van der Waals surface area contributed by atoms with E-state index in [1.54, 1.807) is 13.1 Å². The van der Waals surface area contributed by atoms with E-state index in [2.05, 4.69) is 27.2 Å². The summed E-state index contributed by atoms with van der Waals surface area (Å²) in [5.41, 5.74) is -0.890. The molecule has 124 valence electrons. The van der Waals surface area contributed by atoms with Crippen molar-refractivity contribution < 1.29 is 17.9 Å². The van der Waals surface area contributed by atoms with Crippen LogP contribution in [0, 0.1) is 0 Å². The minimum Gasteiger partial charge on any atom is -0.475 e. The molecule has 1 rings (SSSR count). The molecule has 0 spiro atoms. The number of guanidine groups is 1. The Balaban J connectivity index is 0.00000441. The van der Waals surface area contributed by atoms with Crippen molar-refractivity contribution in [3.8, 4) is 5.88 Å². The number of pyridine rings is 1. The Morgan fingerprint density at radius 3 is 2.77 bits per heavy atom. The zero-order chi connectivity index (χ0) is 15.7. The van der Waals surface area contributed by atoms with Crippen molar-refractivity contribution in [2.45, 2.75) is 6.18 Å². The van der Waals surface area contributed by atoms with Gasteiger partial charge in [0.1, 0.15) is 12.2 Å². The fourth-order valence-corrected chi connectivity index (χ4v) is 1.43. The summed E-state index contributed by atoms with van der Waals surface area (Å²) in [6.07, 6.45) is -1.58. The minimum absolute atomic E-state index is 0. The van der Waals surface area contributed by atoms with Gasteiger partial charge in [0.2, 0.25) is 5.88 Å². The van der Waals surface area contributed by atoms with Crippen LogP contribution in [-0.2, 0) is 6.18 Å². The Morgan fingerprint density at radius 2 is 2.18 bits per heavy atom. The molecule has 22 heavy (non-hydrogen) atoms. The summed E-state index contributed by atoms with van der Waals surface area (Å²) in [6, 6.07) is 2.15. The number of nitrogens with zero attached hydrogens (tertiary/aromatic N) is 2. The predicted molar refractivity (Wildman–Crippen MR) is 89.7 cm³/mol. The van der Waals surface area contributed by atoms with Gasteiger partial charge >= 0.3 is 6.18 Å². The number of halogens is 4. The smallest absolute Gasteiger partial charge is 0.421 e. The number of rotatable bonds is 6. The van der Waals surface area contributed by atoms with Crippen molar-refractivity contribution in [3.05, 3.63) is 36.5 Å². The number of aliphatic imine (C=N–C) groups is 1. The van der Waals surface area contributed by atoms with Crippen LogP contribution in [0.3, 0.4) is 0 Å². The van der Waals surface area contributed by atoms with Gasteiger partial charge in [0.25, 0.3) is 0 Å². The van der Waals surface area contributed by atoms with Crippen molar-refractivity contribution >= 4 is 29.9 Å². The van der Waals surface area contributed by atoms with Gasteiger partial charge in [-0.25, -0.2) is 4.98 Å². The van der Waals surface area contributed by atoms with E-state index < -0.39 is 17.6 Å². The van der Waals surface area contributed by atoms with E-state index in [-0.39, 0.29) is 37.1 Å². The van der Waals surface area contributed by atoms with E-state index in [0.717, 1.165) is 6.07 Å². The second-order valence-corrected chi connectivity index (χ2v) is 3.87. The summed E-state index contributed by atoms with van der Waals surface area (Å²) in [5.74, 6) is 0.0800. The fraction of sp³-hybridized carbons (Fsp3) is 0.385. The Morgan fingerprint density at radius 1 is 1.45 bits per heavy atom. The third-order valence-electron chi connectivity index (χ3n) is 2.35. The summed E-state index contributed by atoms with van der Waals surface area (Å²) in [6.45, 7) is 4.38. The van der Waals surface area contributed by atoms with Gasteiger partial charge < -0.3 is 15.4 Å². The third-order valence-corrected chi connectivity index (χ3v) is 2.35. The molecule has 1 aromatic heterocycles. The van der Waals surface area contributed by atoms with Crippen molar-refractivity contribution in [2.24, 2.45) is 4.99 Å². The van der Waals surface area contributed by atoms with Gasteiger partial charge in [0, 0.05) is 19.8 Å². The van der Waals surface area contributed by atoms with Gasteiger partial charge in [0.15, 0.2) is 5.96 Å². The van der Waals surface area contributed by atoms with Crippen molar-refractivity contribution in [1.82, 2.24) is 15.6 Å². The van der Waals surface area contributed by atoms with Gasteiger partial charge in [-0.05, 0) is 12.1 Å². The highest BCUT2D eigenvalue weighted by atomic mass is 127. The van der Waals surface area contributed by atoms with Crippen LogP contribution in [-0.4, -0.2) is 37.7 Å². The molecule has 0 radical (unpaired) electrons. The summed E-state index contributed by atoms with van der Waals surface area (Å²) >= 11 is 0. The molecular formula is C13H18F3IN4O. The Labute approximate surface area is 144 Å². The molecule has 0 aliphatic heterocycles. The standard InChI is InChI=1S/C13H17F3N4O.HI/c1-3-6-19-12(17-2)20-8-9-21-11-10(13(14,15)16)5-4-7-18-11;/h3-5,7H,1,6,8-9H2,2H3,(H2,17,19,20);1H.